The minimum Gasteiger partial charge on any atom is -0.465 e. The quantitative estimate of drug-likeness (QED) is 0.744. The lowest BCUT2D eigenvalue weighted by atomic mass is 9.80. The SMILES string of the molecule is CCOC(=O)c1ccc(C(F)(F)F)c(NCC2(C)CCN(C(=O)O)CC2)c1. The summed E-state index contributed by atoms with van der Waals surface area (Å²) >= 11 is 0. The fraction of sp³-hybridized carbons (Fsp3) is 0.556. The van der Waals surface area contributed by atoms with Gasteiger partial charge in [-0.2, -0.15) is 13.2 Å². The van der Waals surface area contributed by atoms with Gasteiger partial charge in [0, 0.05) is 25.3 Å². The van der Waals surface area contributed by atoms with Crippen molar-refractivity contribution in [2.45, 2.75) is 32.9 Å². The normalized spacial score (nSPS) is 16.7. The number of carbonyl (C=O) groups is 2. The Morgan fingerprint density at radius 1 is 1.30 bits per heavy atom. The van der Waals surface area contributed by atoms with Crippen molar-refractivity contribution >= 4 is 17.7 Å². The first kappa shape index (κ1) is 20.9. The third-order valence-corrected chi connectivity index (χ3v) is 4.78. The number of halogens is 3. The van der Waals surface area contributed by atoms with Crippen LogP contribution in [-0.4, -0.2) is 48.3 Å². The van der Waals surface area contributed by atoms with Crippen LogP contribution in [0.3, 0.4) is 0 Å². The van der Waals surface area contributed by atoms with Crippen LogP contribution >= 0.6 is 0 Å². The van der Waals surface area contributed by atoms with Crippen LogP contribution in [0.1, 0.15) is 42.6 Å². The molecule has 0 bridgehead atoms. The number of alkyl halides is 3. The molecular weight excluding hydrogens is 365 g/mol. The van der Waals surface area contributed by atoms with Gasteiger partial charge in [-0.15, -0.1) is 0 Å². The Morgan fingerprint density at radius 2 is 1.93 bits per heavy atom. The maximum Gasteiger partial charge on any atom is 0.418 e. The molecule has 1 aromatic carbocycles. The zero-order chi connectivity index (χ0) is 20.2. The molecule has 9 heteroatoms. The Morgan fingerprint density at radius 3 is 2.44 bits per heavy atom. The van der Waals surface area contributed by atoms with Gasteiger partial charge in [-0.25, -0.2) is 9.59 Å². The van der Waals surface area contributed by atoms with Crippen LogP contribution < -0.4 is 5.32 Å². The number of piperidine rings is 1. The fourth-order valence-electron chi connectivity index (χ4n) is 3.00. The van der Waals surface area contributed by atoms with Gasteiger partial charge in [0.25, 0.3) is 0 Å². The van der Waals surface area contributed by atoms with Gasteiger partial charge in [-0.05, 0) is 43.4 Å². The third kappa shape index (κ3) is 5.27. The molecule has 1 saturated heterocycles. The van der Waals surface area contributed by atoms with Crippen LogP contribution in [0.2, 0.25) is 0 Å². The molecule has 0 unspecified atom stereocenters. The number of ether oxygens (including phenoxy) is 1. The fourth-order valence-corrected chi connectivity index (χ4v) is 3.00. The van der Waals surface area contributed by atoms with Crippen LogP contribution in [0.4, 0.5) is 23.7 Å². The summed E-state index contributed by atoms with van der Waals surface area (Å²) in [5.74, 6) is -0.685. The Hall–Kier alpha value is -2.45. The van der Waals surface area contributed by atoms with E-state index in [2.05, 4.69) is 5.32 Å². The molecule has 1 aromatic rings. The highest BCUT2D eigenvalue weighted by Crippen LogP contribution is 2.37. The molecule has 6 nitrogen and oxygen atoms in total. The number of amides is 1. The smallest absolute Gasteiger partial charge is 0.418 e. The first-order valence-electron chi connectivity index (χ1n) is 8.66. The summed E-state index contributed by atoms with van der Waals surface area (Å²) in [6.07, 6.45) is -4.49. The zero-order valence-electron chi connectivity index (χ0n) is 15.2. The molecule has 150 valence electrons. The van der Waals surface area contributed by atoms with Crippen molar-refractivity contribution in [2.24, 2.45) is 5.41 Å². The molecule has 0 spiro atoms. The van der Waals surface area contributed by atoms with Gasteiger partial charge in [0.2, 0.25) is 0 Å². The number of esters is 1. The third-order valence-electron chi connectivity index (χ3n) is 4.78. The molecule has 1 aliphatic rings. The highest BCUT2D eigenvalue weighted by atomic mass is 19.4. The maximum absolute atomic E-state index is 13.3. The van der Waals surface area contributed by atoms with E-state index in [-0.39, 0.29) is 29.8 Å². The number of hydrogen-bond acceptors (Lipinski definition) is 4. The van der Waals surface area contributed by atoms with Gasteiger partial charge >= 0.3 is 18.2 Å². The van der Waals surface area contributed by atoms with Gasteiger partial charge in [0.15, 0.2) is 0 Å². The first-order valence-corrected chi connectivity index (χ1v) is 8.66. The largest absolute Gasteiger partial charge is 0.465 e. The van der Waals surface area contributed by atoms with Gasteiger partial charge in [0.1, 0.15) is 0 Å². The average Bonchev–Trinajstić information content (AvgIpc) is 2.59. The summed E-state index contributed by atoms with van der Waals surface area (Å²) in [5, 5.41) is 11.8. The van der Waals surface area contributed by atoms with E-state index in [0.29, 0.717) is 25.9 Å². The number of nitrogens with one attached hydrogen (secondary N) is 1. The van der Waals surface area contributed by atoms with E-state index in [1.807, 2.05) is 6.92 Å². The lowest BCUT2D eigenvalue weighted by Crippen LogP contribution is -2.44. The Labute approximate surface area is 155 Å². The molecule has 0 atom stereocenters. The number of carbonyl (C=O) groups excluding carboxylic acids is 1. The Kier molecular flexibility index (Phi) is 6.22. The lowest BCUT2D eigenvalue weighted by molar-refractivity contribution is -0.137. The van der Waals surface area contributed by atoms with E-state index >= 15 is 0 Å². The van der Waals surface area contributed by atoms with E-state index in [0.717, 1.165) is 18.2 Å². The summed E-state index contributed by atoms with van der Waals surface area (Å²) in [5.41, 5.74) is -1.36. The number of nitrogens with zero attached hydrogens (tertiary/aromatic N) is 1. The summed E-state index contributed by atoms with van der Waals surface area (Å²) in [7, 11) is 0. The Bertz CT molecular complexity index is 698. The number of carboxylic acid groups (broad SMARTS) is 1. The Balaban J connectivity index is 2.17. The topological polar surface area (TPSA) is 78.9 Å². The molecule has 1 amide bonds. The molecule has 1 heterocycles. The van der Waals surface area contributed by atoms with E-state index in [9.17, 15) is 22.8 Å². The standard InChI is InChI=1S/C18H23F3N2O4/c1-3-27-15(24)12-4-5-13(18(19,20)21)14(10-12)22-11-17(2)6-8-23(9-7-17)16(25)26/h4-5,10,22H,3,6-9,11H2,1-2H3,(H,25,26). The van der Waals surface area contributed by atoms with Crippen molar-refractivity contribution in [3.63, 3.8) is 0 Å². The van der Waals surface area contributed by atoms with E-state index in [1.54, 1.807) is 6.92 Å². The first-order chi connectivity index (χ1) is 12.6. The van der Waals surface area contributed by atoms with Crippen LogP contribution in [0, 0.1) is 5.41 Å². The van der Waals surface area contributed by atoms with Crippen LogP contribution in [0.25, 0.3) is 0 Å². The summed E-state index contributed by atoms with van der Waals surface area (Å²) in [6, 6.07) is 3.11. The number of likely N-dealkylation sites (tertiary alicyclic amines) is 1. The van der Waals surface area contributed by atoms with Crippen LogP contribution in [0.5, 0.6) is 0 Å². The van der Waals surface area contributed by atoms with Crippen molar-refractivity contribution in [2.75, 3.05) is 31.6 Å². The van der Waals surface area contributed by atoms with Gasteiger partial charge in [0.05, 0.1) is 17.7 Å². The van der Waals surface area contributed by atoms with Crippen LogP contribution in [-0.2, 0) is 10.9 Å². The second-order valence-electron chi connectivity index (χ2n) is 6.91. The van der Waals surface area contributed by atoms with Crippen molar-refractivity contribution < 1.29 is 32.6 Å². The van der Waals surface area contributed by atoms with Gasteiger partial charge in [-0.1, -0.05) is 6.92 Å². The number of rotatable bonds is 5. The second-order valence-corrected chi connectivity index (χ2v) is 6.91. The predicted octanol–water partition coefficient (Wildman–Crippen LogP) is 4.07. The van der Waals surface area contributed by atoms with Crippen LogP contribution in [0.15, 0.2) is 18.2 Å². The zero-order valence-corrected chi connectivity index (χ0v) is 15.2. The predicted molar refractivity (Wildman–Crippen MR) is 92.8 cm³/mol. The average molecular weight is 388 g/mol. The molecule has 27 heavy (non-hydrogen) atoms. The maximum atomic E-state index is 13.3. The molecule has 1 fully saturated rings. The highest BCUT2D eigenvalue weighted by molar-refractivity contribution is 5.91. The van der Waals surface area contributed by atoms with Crippen molar-refractivity contribution in [1.29, 1.82) is 0 Å². The molecule has 0 aromatic heterocycles. The summed E-state index contributed by atoms with van der Waals surface area (Å²) < 4.78 is 44.8. The summed E-state index contributed by atoms with van der Waals surface area (Å²) in [6.45, 7) is 4.55. The van der Waals surface area contributed by atoms with Gasteiger partial charge in [-0.3, -0.25) is 0 Å². The second kappa shape index (κ2) is 8.06. The molecule has 0 radical (unpaired) electrons. The molecule has 1 aliphatic heterocycles. The minimum atomic E-state index is -4.57. The molecule has 2 rings (SSSR count). The number of hydrogen-bond donors (Lipinski definition) is 2. The van der Waals surface area contributed by atoms with Crippen molar-refractivity contribution in [3.8, 4) is 0 Å². The lowest BCUT2D eigenvalue weighted by Gasteiger charge is -2.38. The van der Waals surface area contributed by atoms with Crippen molar-refractivity contribution in [3.05, 3.63) is 29.3 Å². The van der Waals surface area contributed by atoms with E-state index in [1.165, 1.54) is 4.90 Å². The number of anilines is 1. The van der Waals surface area contributed by atoms with E-state index < -0.39 is 23.8 Å². The minimum absolute atomic E-state index is 0.0400. The van der Waals surface area contributed by atoms with Gasteiger partial charge < -0.3 is 20.1 Å². The molecular formula is C18H23F3N2O4. The van der Waals surface area contributed by atoms with Crippen molar-refractivity contribution in [1.82, 2.24) is 4.90 Å². The molecule has 0 aliphatic carbocycles. The summed E-state index contributed by atoms with van der Waals surface area (Å²) in [4.78, 5) is 24.1. The number of benzene rings is 1. The monoisotopic (exact) mass is 388 g/mol. The van der Waals surface area contributed by atoms with E-state index in [4.69, 9.17) is 9.84 Å². The highest BCUT2D eigenvalue weighted by Gasteiger charge is 2.36. The molecule has 2 N–H and O–H groups in total. The molecule has 0 saturated carbocycles.